The van der Waals surface area contributed by atoms with E-state index in [-0.39, 0.29) is 12.3 Å². The summed E-state index contributed by atoms with van der Waals surface area (Å²) in [5.74, 6) is -0.405. The van der Waals surface area contributed by atoms with Gasteiger partial charge in [0.15, 0.2) is 11.7 Å². The molecule has 2 N–H and O–H groups in total. The lowest BCUT2D eigenvalue weighted by atomic mass is 9.73. The minimum atomic E-state index is -1.61. The highest BCUT2D eigenvalue weighted by Gasteiger charge is 2.49. The monoisotopic (exact) mass is 457 g/mol. The zero-order valence-electron chi connectivity index (χ0n) is 19.2. The van der Waals surface area contributed by atoms with Crippen LogP contribution in [0.3, 0.4) is 0 Å². The van der Waals surface area contributed by atoms with E-state index in [4.69, 9.17) is 4.74 Å². The van der Waals surface area contributed by atoms with Crippen LogP contribution >= 0.6 is 0 Å². The third kappa shape index (κ3) is 4.27. The number of aliphatic hydroxyl groups is 2. The molecule has 6 rings (SSSR count). The molecule has 3 aliphatic heterocycles. The SMILES string of the molecule is O=C(C[C@@]1(O)CN2CCC1CC2)O[C@H](c1ccccc1)C(O)(c1ccccc1)c1ccccc1. The summed E-state index contributed by atoms with van der Waals surface area (Å²) >= 11 is 0. The van der Waals surface area contributed by atoms with Gasteiger partial charge in [-0.2, -0.15) is 0 Å². The van der Waals surface area contributed by atoms with E-state index < -0.39 is 23.3 Å². The van der Waals surface area contributed by atoms with Gasteiger partial charge in [-0.3, -0.25) is 4.79 Å². The van der Waals surface area contributed by atoms with Crippen molar-refractivity contribution in [3.05, 3.63) is 108 Å². The Morgan fingerprint density at radius 2 is 1.41 bits per heavy atom. The molecule has 2 bridgehead atoms. The number of ether oxygens (including phenoxy) is 1. The average molecular weight is 458 g/mol. The van der Waals surface area contributed by atoms with Crippen molar-refractivity contribution < 1.29 is 19.7 Å². The van der Waals surface area contributed by atoms with Crippen LogP contribution in [-0.4, -0.2) is 46.3 Å². The highest BCUT2D eigenvalue weighted by molar-refractivity contribution is 5.71. The van der Waals surface area contributed by atoms with Gasteiger partial charge in [0.05, 0.1) is 12.0 Å². The molecule has 5 nitrogen and oxygen atoms in total. The van der Waals surface area contributed by atoms with Gasteiger partial charge >= 0.3 is 5.97 Å². The molecule has 0 aliphatic carbocycles. The minimum Gasteiger partial charge on any atom is -0.454 e. The van der Waals surface area contributed by atoms with Crippen LogP contribution in [0.2, 0.25) is 0 Å². The molecule has 0 saturated carbocycles. The van der Waals surface area contributed by atoms with E-state index in [1.807, 2.05) is 91.0 Å². The van der Waals surface area contributed by atoms with Gasteiger partial charge in [-0.15, -0.1) is 0 Å². The maximum atomic E-state index is 13.4. The van der Waals surface area contributed by atoms with Crippen molar-refractivity contribution in [3.63, 3.8) is 0 Å². The lowest BCUT2D eigenvalue weighted by Crippen LogP contribution is -2.60. The number of esters is 1. The standard InChI is InChI=1S/C29H31NO4/c31-26(20-28(32)21-30-18-16-23(28)17-19-30)34-27(22-10-4-1-5-11-22)29(33,24-12-6-2-7-13-24)25-14-8-3-9-15-25/h1-15,23,27,32-33H,16-21H2/t27-,28-/m1/s1. The molecule has 3 aliphatic rings. The van der Waals surface area contributed by atoms with Crippen LogP contribution < -0.4 is 0 Å². The zero-order chi connectivity index (χ0) is 23.6. The van der Waals surface area contributed by atoms with Gasteiger partial charge in [-0.05, 0) is 48.5 Å². The quantitative estimate of drug-likeness (QED) is 0.524. The molecule has 2 atom stereocenters. The molecule has 176 valence electrons. The summed E-state index contributed by atoms with van der Waals surface area (Å²) in [4.78, 5) is 15.6. The summed E-state index contributed by atoms with van der Waals surface area (Å²) in [6, 6.07) is 28.0. The number of benzene rings is 3. The molecule has 0 spiro atoms. The molecular weight excluding hydrogens is 426 g/mol. The molecule has 3 heterocycles. The Bertz CT molecular complexity index is 1060. The van der Waals surface area contributed by atoms with Crippen molar-refractivity contribution in [2.45, 2.75) is 36.6 Å². The van der Waals surface area contributed by atoms with Gasteiger partial charge in [0.2, 0.25) is 0 Å². The number of hydrogen-bond donors (Lipinski definition) is 2. The third-order valence-corrected chi connectivity index (χ3v) is 7.45. The topological polar surface area (TPSA) is 70.0 Å². The van der Waals surface area contributed by atoms with Crippen molar-refractivity contribution in [1.29, 1.82) is 0 Å². The van der Waals surface area contributed by atoms with Crippen LogP contribution in [0.5, 0.6) is 0 Å². The van der Waals surface area contributed by atoms with E-state index in [1.165, 1.54) is 0 Å². The summed E-state index contributed by atoms with van der Waals surface area (Å²) < 4.78 is 6.12. The van der Waals surface area contributed by atoms with E-state index in [2.05, 4.69) is 4.90 Å². The predicted molar refractivity (Wildman–Crippen MR) is 130 cm³/mol. The molecule has 0 unspecified atom stereocenters. The van der Waals surface area contributed by atoms with Crippen LogP contribution in [0.1, 0.15) is 42.1 Å². The highest BCUT2D eigenvalue weighted by atomic mass is 16.6. The number of fused-ring (bicyclic) bond motifs is 3. The summed E-state index contributed by atoms with van der Waals surface area (Å²) in [7, 11) is 0. The summed E-state index contributed by atoms with van der Waals surface area (Å²) in [6.07, 6.45) is 0.709. The first kappa shape index (κ1) is 22.8. The molecule has 0 amide bonds. The van der Waals surface area contributed by atoms with Crippen LogP contribution in [0, 0.1) is 5.92 Å². The van der Waals surface area contributed by atoms with E-state index in [1.54, 1.807) is 0 Å². The van der Waals surface area contributed by atoms with E-state index in [0.717, 1.165) is 25.9 Å². The first-order valence-electron chi connectivity index (χ1n) is 12.0. The second-order valence-corrected chi connectivity index (χ2v) is 9.61. The fraction of sp³-hybridized carbons (Fsp3) is 0.345. The molecule has 3 saturated heterocycles. The second-order valence-electron chi connectivity index (χ2n) is 9.61. The fourth-order valence-electron chi connectivity index (χ4n) is 5.64. The lowest BCUT2D eigenvalue weighted by Gasteiger charge is -2.50. The summed E-state index contributed by atoms with van der Waals surface area (Å²) in [5.41, 5.74) is -0.760. The van der Waals surface area contributed by atoms with E-state index in [9.17, 15) is 15.0 Å². The van der Waals surface area contributed by atoms with Crippen LogP contribution in [0.4, 0.5) is 0 Å². The van der Waals surface area contributed by atoms with Gasteiger partial charge in [0.1, 0.15) is 0 Å². The predicted octanol–water partition coefficient (Wildman–Crippen LogP) is 4.05. The largest absolute Gasteiger partial charge is 0.454 e. The zero-order valence-corrected chi connectivity index (χ0v) is 19.2. The Kier molecular flexibility index (Phi) is 6.26. The van der Waals surface area contributed by atoms with Crippen molar-refractivity contribution in [1.82, 2.24) is 4.90 Å². The van der Waals surface area contributed by atoms with Crippen LogP contribution in [0.25, 0.3) is 0 Å². The van der Waals surface area contributed by atoms with Gasteiger partial charge in [0, 0.05) is 6.54 Å². The van der Waals surface area contributed by atoms with Crippen molar-refractivity contribution in [2.75, 3.05) is 19.6 Å². The molecule has 3 aromatic carbocycles. The van der Waals surface area contributed by atoms with E-state index in [0.29, 0.717) is 23.2 Å². The smallest absolute Gasteiger partial charge is 0.309 e. The molecule has 3 fully saturated rings. The van der Waals surface area contributed by atoms with Gasteiger partial charge in [-0.1, -0.05) is 91.0 Å². The Morgan fingerprint density at radius 1 is 0.912 bits per heavy atom. The minimum absolute atomic E-state index is 0.0862. The Hall–Kier alpha value is -2.99. The Balaban J connectivity index is 1.52. The van der Waals surface area contributed by atoms with Gasteiger partial charge in [0.25, 0.3) is 0 Å². The number of carbonyl (C=O) groups excluding carboxylic acids is 1. The number of carbonyl (C=O) groups is 1. The first-order valence-corrected chi connectivity index (χ1v) is 12.0. The average Bonchev–Trinajstić information content (AvgIpc) is 2.88. The molecule has 0 radical (unpaired) electrons. The first-order chi connectivity index (χ1) is 16.5. The molecule has 0 aromatic heterocycles. The normalized spacial score (nSPS) is 25.0. The molecule has 34 heavy (non-hydrogen) atoms. The van der Waals surface area contributed by atoms with Gasteiger partial charge < -0.3 is 19.8 Å². The highest BCUT2D eigenvalue weighted by Crippen LogP contribution is 2.44. The Labute approximate surface area is 200 Å². The molecule has 3 aromatic rings. The lowest BCUT2D eigenvalue weighted by molar-refractivity contribution is -0.177. The summed E-state index contributed by atoms with van der Waals surface area (Å²) in [5, 5.41) is 23.7. The molecular formula is C29H31NO4. The van der Waals surface area contributed by atoms with E-state index >= 15 is 0 Å². The number of piperidine rings is 3. The maximum absolute atomic E-state index is 13.4. The number of nitrogens with zero attached hydrogens (tertiary/aromatic N) is 1. The van der Waals surface area contributed by atoms with Crippen molar-refractivity contribution >= 4 is 5.97 Å². The fourth-order valence-corrected chi connectivity index (χ4v) is 5.64. The maximum Gasteiger partial charge on any atom is 0.309 e. The third-order valence-electron chi connectivity index (χ3n) is 7.45. The second kappa shape index (κ2) is 9.34. The van der Waals surface area contributed by atoms with Crippen LogP contribution in [0.15, 0.2) is 91.0 Å². The van der Waals surface area contributed by atoms with Crippen molar-refractivity contribution in [2.24, 2.45) is 5.92 Å². The van der Waals surface area contributed by atoms with Crippen LogP contribution in [-0.2, 0) is 15.1 Å². The Morgan fingerprint density at radius 3 is 1.88 bits per heavy atom. The summed E-state index contributed by atoms with van der Waals surface area (Å²) in [6.45, 7) is 2.43. The molecule has 5 heteroatoms. The number of hydrogen-bond acceptors (Lipinski definition) is 5. The number of rotatable bonds is 7. The van der Waals surface area contributed by atoms with Gasteiger partial charge in [-0.25, -0.2) is 0 Å². The van der Waals surface area contributed by atoms with Crippen molar-refractivity contribution in [3.8, 4) is 0 Å².